The molecule has 6 nitrogen and oxygen atoms in total. The third-order valence-corrected chi connectivity index (χ3v) is 4.21. The molecule has 0 saturated heterocycles. The standard InChI is InChI=1S/C18H18ClF2N3O3/c1-2-22-18(25)24(9-11-3-4-12(20)7-14(11)21)10-13-8-15(23-27-13)16-5-6-17(19)26-16/h3-7,13H,2,8-10H2,1H3,(H,22,25)/t13-/m0/s1. The summed E-state index contributed by atoms with van der Waals surface area (Å²) in [7, 11) is 0. The maximum atomic E-state index is 14.0. The molecule has 0 unspecified atom stereocenters. The fraction of sp³-hybridized carbons (Fsp3) is 0.333. The molecular formula is C18H18ClF2N3O3. The number of rotatable bonds is 6. The third-order valence-electron chi connectivity index (χ3n) is 4.01. The summed E-state index contributed by atoms with van der Waals surface area (Å²) in [6, 6.07) is 6.17. The van der Waals surface area contributed by atoms with E-state index in [0.717, 1.165) is 12.1 Å². The van der Waals surface area contributed by atoms with Gasteiger partial charge < -0.3 is 19.5 Å². The molecule has 2 amide bonds. The average Bonchev–Trinajstić information content (AvgIpc) is 3.25. The van der Waals surface area contributed by atoms with Crippen LogP contribution in [0.2, 0.25) is 5.22 Å². The van der Waals surface area contributed by atoms with Crippen molar-refractivity contribution in [2.24, 2.45) is 5.16 Å². The van der Waals surface area contributed by atoms with Crippen molar-refractivity contribution in [2.45, 2.75) is 26.0 Å². The maximum Gasteiger partial charge on any atom is 0.317 e. The lowest BCUT2D eigenvalue weighted by Gasteiger charge is -2.25. The number of nitrogens with zero attached hydrogens (tertiary/aromatic N) is 2. The van der Waals surface area contributed by atoms with E-state index in [1.807, 2.05) is 0 Å². The zero-order chi connectivity index (χ0) is 19.4. The molecule has 1 aromatic carbocycles. The van der Waals surface area contributed by atoms with E-state index in [1.165, 1.54) is 11.0 Å². The molecule has 1 atom stereocenters. The third kappa shape index (κ3) is 4.77. The number of furan rings is 1. The van der Waals surface area contributed by atoms with Crippen molar-refractivity contribution in [2.75, 3.05) is 13.1 Å². The smallest absolute Gasteiger partial charge is 0.317 e. The number of nitrogens with one attached hydrogen (secondary N) is 1. The van der Waals surface area contributed by atoms with Gasteiger partial charge in [0.1, 0.15) is 17.3 Å². The van der Waals surface area contributed by atoms with Gasteiger partial charge in [0.15, 0.2) is 17.1 Å². The average molecular weight is 398 g/mol. The fourth-order valence-electron chi connectivity index (χ4n) is 2.72. The summed E-state index contributed by atoms with van der Waals surface area (Å²) < 4.78 is 32.4. The number of carbonyl (C=O) groups excluding carboxylic acids is 1. The van der Waals surface area contributed by atoms with E-state index in [4.69, 9.17) is 20.9 Å². The molecule has 1 N–H and O–H groups in total. The first kappa shape index (κ1) is 19.2. The Hall–Kier alpha value is -2.61. The molecule has 144 valence electrons. The molecule has 2 heterocycles. The second kappa shape index (κ2) is 8.39. The summed E-state index contributed by atoms with van der Waals surface area (Å²) in [6.07, 6.45) is -0.0129. The summed E-state index contributed by atoms with van der Waals surface area (Å²) in [6.45, 7) is 2.34. The van der Waals surface area contributed by atoms with Gasteiger partial charge in [-0.25, -0.2) is 13.6 Å². The maximum absolute atomic E-state index is 14.0. The highest BCUT2D eigenvalue weighted by molar-refractivity contribution is 6.29. The molecule has 1 aromatic heterocycles. The van der Waals surface area contributed by atoms with Crippen LogP contribution in [-0.2, 0) is 11.4 Å². The summed E-state index contributed by atoms with van der Waals surface area (Å²) in [5, 5.41) is 6.90. The van der Waals surface area contributed by atoms with Crippen molar-refractivity contribution in [1.29, 1.82) is 0 Å². The zero-order valence-electron chi connectivity index (χ0n) is 14.5. The monoisotopic (exact) mass is 397 g/mol. The number of carbonyl (C=O) groups is 1. The van der Waals surface area contributed by atoms with E-state index >= 15 is 0 Å². The molecule has 0 aliphatic carbocycles. The lowest BCUT2D eigenvalue weighted by atomic mass is 10.1. The van der Waals surface area contributed by atoms with Crippen LogP contribution in [0.5, 0.6) is 0 Å². The van der Waals surface area contributed by atoms with Gasteiger partial charge in [-0.05, 0) is 36.7 Å². The van der Waals surface area contributed by atoms with Crippen molar-refractivity contribution >= 4 is 23.3 Å². The van der Waals surface area contributed by atoms with Gasteiger partial charge in [0.25, 0.3) is 0 Å². The normalized spacial score (nSPS) is 16.0. The number of benzene rings is 1. The van der Waals surface area contributed by atoms with Crippen LogP contribution >= 0.6 is 11.6 Å². The van der Waals surface area contributed by atoms with Gasteiger partial charge in [-0.15, -0.1) is 0 Å². The number of oxime groups is 1. The van der Waals surface area contributed by atoms with Gasteiger partial charge in [-0.1, -0.05) is 11.2 Å². The summed E-state index contributed by atoms with van der Waals surface area (Å²) in [4.78, 5) is 19.1. The molecule has 27 heavy (non-hydrogen) atoms. The minimum absolute atomic E-state index is 0.0281. The van der Waals surface area contributed by atoms with Crippen molar-refractivity contribution in [1.82, 2.24) is 10.2 Å². The Balaban J connectivity index is 1.68. The first-order valence-corrected chi connectivity index (χ1v) is 8.79. The first-order chi connectivity index (χ1) is 13.0. The largest absolute Gasteiger partial charge is 0.443 e. The summed E-state index contributed by atoms with van der Waals surface area (Å²) in [5.74, 6) is -0.884. The molecule has 0 bridgehead atoms. The second-order valence-corrected chi connectivity index (χ2v) is 6.40. The first-order valence-electron chi connectivity index (χ1n) is 8.41. The van der Waals surface area contributed by atoms with Gasteiger partial charge in [-0.2, -0.15) is 0 Å². The second-order valence-electron chi connectivity index (χ2n) is 6.03. The lowest BCUT2D eigenvalue weighted by molar-refractivity contribution is 0.0588. The Morgan fingerprint density at radius 3 is 2.85 bits per heavy atom. The Bertz CT molecular complexity index is 856. The highest BCUT2D eigenvalue weighted by Gasteiger charge is 2.28. The number of hydrogen-bond acceptors (Lipinski definition) is 4. The van der Waals surface area contributed by atoms with Crippen molar-refractivity contribution < 1.29 is 22.8 Å². The quantitative estimate of drug-likeness (QED) is 0.803. The molecular weight excluding hydrogens is 380 g/mol. The van der Waals surface area contributed by atoms with E-state index in [2.05, 4.69) is 10.5 Å². The molecule has 0 radical (unpaired) electrons. The highest BCUT2D eigenvalue weighted by Crippen LogP contribution is 2.22. The van der Waals surface area contributed by atoms with E-state index in [-0.39, 0.29) is 29.9 Å². The Labute approximate surface area is 159 Å². The highest BCUT2D eigenvalue weighted by atomic mass is 35.5. The summed E-state index contributed by atoms with van der Waals surface area (Å²) >= 11 is 5.77. The molecule has 1 aliphatic heterocycles. The van der Waals surface area contributed by atoms with Crippen LogP contribution < -0.4 is 5.32 Å². The molecule has 0 saturated carbocycles. The van der Waals surface area contributed by atoms with Crippen LogP contribution in [0.1, 0.15) is 24.7 Å². The van der Waals surface area contributed by atoms with Gasteiger partial charge in [0.2, 0.25) is 0 Å². The van der Waals surface area contributed by atoms with Crippen molar-refractivity contribution in [3.8, 4) is 0 Å². The van der Waals surface area contributed by atoms with E-state index in [1.54, 1.807) is 19.1 Å². The molecule has 0 fully saturated rings. The fourth-order valence-corrected chi connectivity index (χ4v) is 2.87. The van der Waals surface area contributed by atoms with Crippen molar-refractivity contribution in [3.05, 3.63) is 58.5 Å². The van der Waals surface area contributed by atoms with Crippen LogP contribution in [0.4, 0.5) is 13.6 Å². The van der Waals surface area contributed by atoms with Gasteiger partial charge in [0.05, 0.1) is 13.1 Å². The molecule has 3 rings (SSSR count). The van der Waals surface area contributed by atoms with Crippen molar-refractivity contribution in [3.63, 3.8) is 0 Å². The zero-order valence-corrected chi connectivity index (χ0v) is 15.3. The Kier molecular flexibility index (Phi) is 5.95. The SMILES string of the molecule is CCNC(=O)N(Cc1ccc(F)cc1F)C[C@@H]1CC(c2ccc(Cl)o2)=NO1. The molecule has 9 heteroatoms. The molecule has 2 aromatic rings. The minimum Gasteiger partial charge on any atom is -0.443 e. The van der Waals surface area contributed by atoms with Gasteiger partial charge in [0, 0.05) is 24.6 Å². The Morgan fingerprint density at radius 2 is 2.19 bits per heavy atom. The van der Waals surface area contributed by atoms with E-state index in [9.17, 15) is 13.6 Å². The predicted molar refractivity (Wildman–Crippen MR) is 95.6 cm³/mol. The molecule has 0 spiro atoms. The topological polar surface area (TPSA) is 67.1 Å². The minimum atomic E-state index is -0.709. The number of amides is 2. The number of hydrogen-bond donors (Lipinski definition) is 1. The number of halogens is 3. The van der Waals surface area contributed by atoms with Crippen LogP contribution in [-0.4, -0.2) is 35.8 Å². The number of urea groups is 1. The predicted octanol–water partition coefficient (Wildman–Crippen LogP) is 3.94. The van der Waals surface area contributed by atoms with Gasteiger partial charge >= 0.3 is 6.03 Å². The lowest BCUT2D eigenvalue weighted by Crippen LogP contribution is -2.43. The van der Waals surface area contributed by atoms with E-state index < -0.39 is 17.7 Å². The van der Waals surface area contributed by atoms with Crippen LogP contribution in [0.25, 0.3) is 0 Å². The van der Waals surface area contributed by atoms with Crippen LogP contribution in [0.3, 0.4) is 0 Å². The van der Waals surface area contributed by atoms with Crippen LogP contribution in [0, 0.1) is 11.6 Å². The summed E-state index contributed by atoms with van der Waals surface area (Å²) in [5.41, 5.74) is 0.787. The molecule has 1 aliphatic rings. The Morgan fingerprint density at radius 1 is 1.37 bits per heavy atom. The van der Waals surface area contributed by atoms with Gasteiger partial charge in [-0.3, -0.25) is 0 Å². The van der Waals surface area contributed by atoms with Crippen LogP contribution in [0.15, 0.2) is 39.9 Å². The van der Waals surface area contributed by atoms with E-state index in [0.29, 0.717) is 24.4 Å².